The molecule has 35 heavy (non-hydrogen) atoms. The number of nitrogens with zero attached hydrogens (tertiary/aromatic N) is 5. The van der Waals surface area contributed by atoms with Crippen molar-refractivity contribution in [3.63, 3.8) is 0 Å². The number of amides is 1. The van der Waals surface area contributed by atoms with Gasteiger partial charge in [-0.05, 0) is 44.6 Å². The Bertz CT molecular complexity index is 1230. The number of nitrogens with one attached hydrogen (secondary N) is 1. The molecule has 1 aliphatic carbocycles. The molecule has 3 heterocycles. The fourth-order valence-corrected chi connectivity index (χ4v) is 6.70. The number of aromatic nitrogens is 5. The van der Waals surface area contributed by atoms with Crippen LogP contribution < -0.4 is 5.32 Å². The summed E-state index contributed by atoms with van der Waals surface area (Å²) in [6.45, 7) is 6.84. The Balaban J connectivity index is 1.50. The minimum absolute atomic E-state index is 0.122. The van der Waals surface area contributed by atoms with Crippen LogP contribution in [0.25, 0.3) is 11.5 Å². The van der Waals surface area contributed by atoms with Crippen molar-refractivity contribution < 1.29 is 14.3 Å². The van der Waals surface area contributed by atoms with Crippen molar-refractivity contribution in [3.8, 4) is 11.5 Å². The van der Waals surface area contributed by atoms with Crippen LogP contribution >= 0.6 is 34.7 Å². The second-order valence-corrected chi connectivity index (χ2v) is 10.8. The number of anilines is 1. The van der Waals surface area contributed by atoms with Crippen molar-refractivity contribution >= 4 is 51.6 Å². The summed E-state index contributed by atoms with van der Waals surface area (Å²) in [5.41, 5.74) is 2.10. The predicted octanol–water partition coefficient (Wildman–Crippen LogP) is 4.84. The zero-order valence-electron chi connectivity index (χ0n) is 20.3. The lowest BCUT2D eigenvalue weighted by Crippen LogP contribution is -2.18. The van der Waals surface area contributed by atoms with Gasteiger partial charge in [0.15, 0.2) is 11.0 Å². The number of thiophene rings is 1. The Morgan fingerprint density at radius 3 is 2.77 bits per heavy atom. The number of esters is 1. The third-order valence-electron chi connectivity index (χ3n) is 6.04. The highest BCUT2D eigenvalue weighted by atomic mass is 35.5. The van der Waals surface area contributed by atoms with Gasteiger partial charge in [-0.15, -0.1) is 21.5 Å². The van der Waals surface area contributed by atoms with E-state index in [1.54, 1.807) is 24.9 Å². The van der Waals surface area contributed by atoms with Gasteiger partial charge < -0.3 is 14.6 Å². The van der Waals surface area contributed by atoms with Gasteiger partial charge in [0.25, 0.3) is 0 Å². The van der Waals surface area contributed by atoms with E-state index in [4.69, 9.17) is 16.3 Å². The molecule has 0 saturated carbocycles. The number of rotatable bonds is 9. The Hall–Kier alpha value is -2.37. The van der Waals surface area contributed by atoms with Crippen molar-refractivity contribution in [1.82, 2.24) is 24.5 Å². The third kappa shape index (κ3) is 5.41. The number of aryl methyl sites for hydroxylation is 1. The number of halogens is 1. The monoisotopic (exact) mass is 536 g/mol. The van der Waals surface area contributed by atoms with Gasteiger partial charge in [0.05, 0.1) is 22.9 Å². The first kappa shape index (κ1) is 25.7. The summed E-state index contributed by atoms with van der Waals surface area (Å²) >= 11 is 9.06. The largest absolute Gasteiger partial charge is 0.462 e. The lowest BCUT2D eigenvalue weighted by molar-refractivity contribution is -0.113. The van der Waals surface area contributed by atoms with Crippen molar-refractivity contribution in [2.24, 2.45) is 13.0 Å². The number of thioether (sulfide) groups is 1. The van der Waals surface area contributed by atoms with Crippen molar-refractivity contribution in [2.45, 2.75) is 58.2 Å². The molecular formula is C23H29ClN6O3S2. The third-order valence-corrected chi connectivity index (χ3v) is 8.45. The lowest BCUT2D eigenvalue weighted by atomic mass is 9.85. The van der Waals surface area contributed by atoms with Crippen LogP contribution in [0.1, 0.15) is 54.4 Å². The summed E-state index contributed by atoms with van der Waals surface area (Å²) in [5.74, 6) is 0.704. The average molecular weight is 537 g/mol. The highest BCUT2D eigenvalue weighted by molar-refractivity contribution is 7.99. The first-order valence-corrected chi connectivity index (χ1v) is 13.9. The number of carbonyl (C=O) groups excluding carboxylic acids is 2. The molecule has 3 aromatic rings. The summed E-state index contributed by atoms with van der Waals surface area (Å²) in [6.07, 6.45) is 5.63. The van der Waals surface area contributed by atoms with Crippen LogP contribution in [0, 0.1) is 5.92 Å². The molecule has 0 unspecified atom stereocenters. The van der Waals surface area contributed by atoms with Gasteiger partial charge in [0.2, 0.25) is 5.91 Å². The first-order valence-electron chi connectivity index (χ1n) is 11.7. The first-order chi connectivity index (χ1) is 16.9. The molecule has 1 aliphatic rings. The number of ether oxygens (including phenoxy) is 1. The highest BCUT2D eigenvalue weighted by Gasteiger charge is 2.30. The summed E-state index contributed by atoms with van der Waals surface area (Å²) in [7, 11) is 1.79. The van der Waals surface area contributed by atoms with Crippen molar-refractivity contribution in [3.05, 3.63) is 27.2 Å². The molecule has 1 atom stereocenters. The summed E-state index contributed by atoms with van der Waals surface area (Å²) < 4.78 is 8.82. The van der Waals surface area contributed by atoms with E-state index in [-0.39, 0.29) is 17.6 Å². The molecule has 0 aromatic carbocycles. The molecule has 3 aromatic heterocycles. The predicted molar refractivity (Wildman–Crippen MR) is 138 cm³/mol. The van der Waals surface area contributed by atoms with Crippen LogP contribution in [-0.2, 0) is 36.0 Å². The van der Waals surface area contributed by atoms with Gasteiger partial charge >= 0.3 is 5.97 Å². The number of carbonyl (C=O) groups is 2. The van der Waals surface area contributed by atoms with E-state index in [0.29, 0.717) is 51.3 Å². The Kier molecular flexibility index (Phi) is 8.18. The summed E-state index contributed by atoms with van der Waals surface area (Å²) in [4.78, 5) is 26.8. The quantitative estimate of drug-likeness (QED) is 0.308. The highest BCUT2D eigenvalue weighted by Crippen LogP contribution is 2.41. The van der Waals surface area contributed by atoms with Gasteiger partial charge in [-0.3, -0.25) is 9.48 Å². The SMILES string of the molecule is CCOC(=O)c1c(NC(=O)CSc2nnc(-c3nn(C)cc3Cl)n2CC)sc2c1CC[C@H](CC)C2. The molecule has 0 radical (unpaired) electrons. The molecular weight excluding hydrogens is 508 g/mol. The summed E-state index contributed by atoms with van der Waals surface area (Å²) in [6, 6.07) is 0. The Morgan fingerprint density at radius 2 is 2.11 bits per heavy atom. The van der Waals surface area contributed by atoms with E-state index >= 15 is 0 Å². The molecule has 0 fully saturated rings. The standard InChI is InChI=1S/C23H29ClN6O3S2/c1-5-13-8-9-14-16(10-13)35-21(18(14)22(32)33-7-3)25-17(31)12-34-23-27-26-20(30(23)6-2)19-15(24)11-29(4)28-19/h11,13H,5-10,12H2,1-4H3,(H,25,31)/t13-/m0/s1. The van der Waals surface area contributed by atoms with Crippen LogP contribution in [0.3, 0.4) is 0 Å². The molecule has 0 saturated heterocycles. The van der Waals surface area contributed by atoms with E-state index in [9.17, 15) is 9.59 Å². The topological polar surface area (TPSA) is 104 Å². The van der Waals surface area contributed by atoms with E-state index in [2.05, 4.69) is 27.5 Å². The molecule has 0 aliphatic heterocycles. The van der Waals surface area contributed by atoms with Crippen LogP contribution in [0.5, 0.6) is 0 Å². The second-order valence-electron chi connectivity index (χ2n) is 8.33. The minimum Gasteiger partial charge on any atom is -0.462 e. The van der Waals surface area contributed by atoms with Gasteiger partial charge in [0.1, 0.15) is 10.7 Å². The molecule has 9 nitrogen and oxygen atoms in total. The van der Waals surface area contributed by atoms with E-state index in [0.717, 1.165) is 31.2 Å². The van der Waals surface area contributed by atoms with Crippen LogP contribution in [0.4, 0.5) is 5.00 Å². The summed E-state index contributed by atoms with van der Waals surface area (Å²) in [5, 5.41) is 17.5. The van der Waals surface area contributed by atoms with Gasteiger partial charge in [0, 0.05) is 24.7 Å². The van der Waals surface area contributed by atoms with Crippen LogP contribution in [0.2, 0.25) is 5.02 Å². The van der Waals surface area contributed by atoms with Crippen LogP contribution in [-0.4, -0.2) is 48.8 Å². The van der Waals surface area contributed by atoms with Gasteiger partial charge in [-0.1, -0.05) is 36.7 Å². The maximum atomic E-state index is 12.9. The molecule has 1 amide bonds. The number of fused-ring (bicyclic) bond motifs is 1. The molecule has 188 valence electrons. The lowest BCUT2D eigenvalue weighted by Gasteiger charge is -2.20. The Morgan fingerprint density at radius 1 is 1.31 bits per heavy atom. The van der Waals surface area contributed by atoms with E-state index in [1.807, 2.05) is 11.5 Å². The molecule has 0 spiro atoms. The van der Waals surface area contributed by atoms with Gasteiger partial charge in [-0.2, -0.15) is 5.10 Å². The van der Waals surface area contributed by atoms with Crippen LogP contribution in [0.15, 0.2) is 11.4 Å². The zero-order chi connectivity index (χ0) is 25.1. The number of hydrogen-bond donors (Lipinski definition) is 1. The fourth-order valence-electron chi connectivity index (χ4n) is 4.27. The number of hydrogen-bond acceptors (Lipinski definition) is 8. The second kappa shape index (κ2) is 11.1. The average Bonchev–Trinajstić information content (AvgIpc) is 3.50. The zero-order valence-corrected chi connectivity index (χ0v) is 22.6. The molecule has 0 bridgehead atoms. The maximum absolute atomic E-state index is 12.9. The Labute approximate surface area is 217 Å². The van der Waals surface area contributed by atoms with Gasteiger partial charge in [-0.25, -0.2) is 4.79 Å². The molecule has 12 heteroatoms. The normalized spacial score (nSPS) is 15.2. The van der Waals surface area contributed by atoms with Crippen molar-refractivity contribution in [2.75, 3.05) is 17.7 Å². The molecule has 1 N–H and O–H groups in total. The van der Waals surface area contributed by atoms with E-state index < -0.39 is 0 Å². The smallest absolute Gasteiger partial charge is 0.341 e. The maximum Gasteiger partial charge on any atom is 0.341 e. The fraction of sp³-hybridized carbons (Fsp3) is 0.522. The molecule has 4 rings (SSSR count). The minimum atomic E-state index is -0.370. The van der Waals surface area contributed by atoms with E-state index in [1.165, 1.54) is 28.0 Å². The van der Waals surface area contributed by atoms with Crippen molar-refractivity contribution in [1.29, 1.82) is 0 Å².